The third kappa shape index (κ3) is 2.69. The smallest absolute Gasteiger partial charge is 0.257 e. The molecule has 4 rings (SSSR count). The number of benzene rings is 1. The second kappa shape index (κ2) is 5.93. The van der Waals surface area contributed by atoms with E-state index in [1.165, 1.54) is 22.3 Å². The van der Waals surface area contributed by atoms with Crippen molar-refractivity contribution in [2.75, 3.05) is 5.32 Å². The molecule has 1 N–H and O–H groups in total. The van der Waals surface area contributed by atoms with Gasteiger partial charge in [-0.1, -0.05) is 0 Å². The molecule has 0 atom stereocenters. The van der Waals surface area contributed by atoms with E-state index in [9.17, 15) is 9.59 Å². The number of carbonyl (C=O) groups is 2. The molecule has 1 aliphatic carbocycles. The molecule has 0 radical (unpaired) electrons. The van der Waals surface area contributed by atoms with Crippen molar-refractivity contribution in [3.05, 3.63) is 46.7 Å². The Bertz CT molecular complexity index is 901. The number of tetrazole rings is 1. The molecule has 0 spiro atoms. The highest BCUT2D eigenvalue weighted by molar-refractivity contribution is 7.16. The van der Waals surface area contributed by atoms with Crippen molar-refractivity contribution in [3.63, 3.8) is 0 Å². The van der Waals surface area contributed by atoms with Crippen LogP contribution in [0.2, 0.25) is 0 Å². The summed E-state index contributed by atoms with van der Waals surface area (Å²) in [4.78, 5) is 29.4. The maximum Gasteiger partial charge on any atom is 0.257 e. The number of nitrogens with one attached hydrogen (secondary N) is 1. The van der Waals surface area contributed by atoms with Gasteiger partial charge in [-0.3, -0.25) is 14.9 Å². The predicted molar refractivity (Wildman–Crippen MR) is 86.5 cm³/mol. The van der Waals surface area contributed by atoms with Gasteiger partial charge >= 0.3 is 0 Å². The molecule has 0 unspecified atom stereocenters. The van der Waals surface area contributed by atoms with E-state index in [2.05, 4.69) is 25.8 Å². The number of aryl methyl sites for hydroxylation is 1. The number of ketones is 1. The van der Waals surface area contributed by atoms with Gasteiger partial charge in [0.15, 0.2) is 10.9 Å². The highest BCUT2D eigenvalue weighted by atomic mass is 32.1. The van der Waals surface area contributed by atoms with Crippen LogP contribution in [-0.4, -0.2) is 36.9 Å². The lowest BCUT2D eigenvalue weighted by Crippen LogP contribution is -2.12. The summed E-state index contributed by atoms with van der Waals surface area (Å²) in [7, 11) is 0. The fraction of sp³-hybridized carbons (Fsp3) is 0.200. The Balaban J connectivity index is 1.51. The average molecular weight is 340 g/mol. The molecule has 2 heterocycles. The van der Waals surface area contributed by atoms with Crippen LogP contribution >= 0.6 is 11.3 Å². The molecule has 8 nitrogen and oxygen atoms in total. The van der Waals surface area contributed by atoms with E-state index < -0.39 is 0 Å². The first-order valence-electron chi connectivity index (χ1n) is 7.38. The third-order valence-electron chi connectivity index (χ3n) is 3.73. The maximum absolute atomic E-state index is 12.3. The summed E-state index contributed by atoms with van der Waals surface area (Å²) in [5.74, 6) is -0.212. The maximum atomic E-state index is 12.3. The van der Waals surface area contributed by atoms with E-state index in [0.717, 1.165) is 23.4 Å². The Hall–Kier alpha value is -2.94. The number of carbonyl (C=O) groups excluding carboxylic acids is 2. The van der Waals surface area contributed by atoms with Crippen LogP contribution in [0.25, 0.3) is 5.69 Å². The first kappa shape index (κ1) is 14.6. The predicted octanol–water partition coefficient (Wildman–Crippen LogP) is 1.89. The van der Waals surface area contributed by atoms with Crippen molar-refractivity contribution >= 4 is 28.2 Å². The van der Waals surface area contributed by atoms with Crippen LogP contribution in [0, 0.1) is 0 Å². The Labute approximate surface area is 140 Å². The van der Waals surface area contributed by atoms with Crippen LogP contribution in [0.15, 0.2) is 30.6 Å². The van der Waals surface area contributed by atoms with Crippen LogP contribution in [0.5, 0.6) is 0 Å². The van der Waals surface area contributed by atoms with Gasteiger partial charge in [0, 0.05) is 16.9 Å². The van der Waals surface area contributed by atoms with Gasteiger partial charge in [-0.25, -0.2) is 9.67 Å². The molecule has 9 heteroatoms. The van der Waals surface area contributed by atoms with Gasteiger partial charge in [0.2, 0.25) is 0 Å². The monoisotopic (exact) mass is 340 g/mol. The number of hydrogen-bond acceptors (Lipinski definition) is 7. The third-order valence-corrected chi connectivity index (χ3v) is 4.76. The van der Waals surface area contributed by atoms with Crippen molar-refractivity contribution in [1.82, 2.24) is 25.2 Å². The van der Waals surface area contributed by atoms with Crippen LogP contribution in [0.3, 0.4) is 0 Å². The molecular formula is C15H12N6O2S. The van der Waals surface area contributed by atoms with E-state index in [-0.39, 0.29) is 11.7 Å². The molecular weight excluding hydrogens is 328 g/mol. The number of fused-ring (bicyclic) bond motifs is 1. The van der Waals surface area contributed by atoms with E-state index in [0.29, 0.717) is 22.8 Å². The molecule has 2 aromatic heterocycles. The molecule has 24 heavy (non-hydrogen) atoms. The molecule has 120 valence electrons. The standard InChI is InChI=1S/C15H12N6O2S/c22-11-2-1-3-12-13(11)17-15(24-12)18-14(23)9-4-6-10(7-5-9)21-8-16-19-20-21/h4-8H,1-3H2,(H,17,18,23). The summed E-state index contributed by atoms with van der Waals surface area (Å²) in [6, 6.07) is 6.87. The Morgan fingerprint density at radius 2 is 2.04 bits per heavy atom. The number of hydrogen-bond donors (Lipinski definition) is 1. The summed E-state index contributed by atoms with van der Waals surface area (Å²) in [6.07, 6.45) is 3.70. The van der Waals surface area contributed by atoms with Crippen molar-refractivity contribution in [3.8, 4) is 5.69 Å². The second-order valence-corrected chi connectivity index (χ2v) is 6.41. The van der Waals surface area contributed by atoms with Gasteiger partial charge in [-0.05, 0) is 47.5 Å². The van der Waals surface area contributed by atoms with Gasteiger partial charge in [0.1, 0.15) is 12.0 Å². The minimum atomic E-state index is -0.267. The number of anilines is 1. The zero-order valence-electron chi connectivity index (χ0n) is 12.5. The largest absolute Gasteiger partial charge is 0.298 e. The lowest BCUT2D eigenvalue weighted by Gasteiger charge is -2.05. The summed E-state index contributed by atoms with van der Waals surface area (Å²) >= 11 is 1.37. The quantitative estimate of drug-likeness (QED) is 0.781. The number of nitrogens with zero attached hydrogens (tertiary/aromatic N) is 5. The first-order valence-corrected chi connectivity index (χ1v) is 8.20. The average Bonchev–Trinajstić information content (AvgIpc) is 3.25. The van der Waals surface area contributed by atoms with Crippen LogP contribution in [0.4, 0.5) is 5.13 Å². The molecule has 1 aliphatic rings. The lowest BCUT2D eigenvalue weighted by atomic mass is 10.0. The Morgan fingerprint density at radius 1 is 1.21 bits per heavy atom. The molecule has 1 amide bonds. The molecule has 0 aliphatic heterocycles. The van der Waals surface area contributed by atoms with Gasteiger partial charge in [-0.15, -0.1) is 16.4 Å². The number of rotatable bonds is 3. The lowest BCUT2D eigenvalue weighted by molar-refractivity contribution is 0.0966. The van der Waals surface area contributed by atoms with Crippen molar-refractivity contribution in [2.45, 2.75) is 19.3 Å². The Morgan fingerprint density at radius 3 is 2.75 bits per heavy atom. The van der Waals surface area contributed by atoms with Gasteiger partial charge in [-0.2, -0.15) is 0 Å². The van der Waals surface area contributed by atoms with Crippen LogP contribution < -0.4 is 5.32 Å². The number of aromatic nitrogens is 5. The molecule has 1 aromatic carbocycles. The fourth-order valence-corrected chi connectivity index (χ4v) is 3.55. The summed E-state index contributed by atoms with van der Waals surface area (Å²) in [6.45, 7) is 0. The van der Waals surface area contributed by atoms with Gasteiger partial charge in [0.25, 0.3) is 5.91 Å². The van der Waals surface area contributed by atoms with Crippen molar-refractivity contribution < 1.29 is 9.59 Å². The molecule has 0 bridgehead atoms. The Kier molecular flexibility index (Phi) is 3.62. The normalized spacial score (nSPS) is 13.6. The highest BCUT2D eigenvalue weighted by Gasteiger charge is 2.23. The van der Waals surface area contributed by atoms with Crippen molar-refractivity contribution in [1.29, 1.82) is 0 Å². The van der Waals surface area contributed by atoms with Crippen LogP contribution in [-0.2, 0) is 6.42 Å². The second-order valence-electron chi connectivity index (χ2n) is 5.32. The fourth-order valence-electron chi connectivity index (χ4n) is 2.53. The van der Waals surface area contributed by atoms with E-state index >= 15 is 0 Å². The number of amides is 1. The van der Waals surface area contributed by atoms with E-state index in [1.54, 1.807) is 24.3 Å². The number of thiazole rings is 1. The summed E-state index contributed by atoms with van der Waals surface area (Å²) < 4.78 is 1.50. The summed E-state index contributed by atoms with van der Waals surface area (Å²) in [5, 5.41) is 14.1. The van der Waals surface area contributed by atoms with Crippen LogP contribution in [0.1, 0.15) is 38.6 Å². The minimum absolute atomic E-state index is 0.0544. The highest BCUT2D eigenvalue weighted by Crippen LogP contribution is 2.29. The van der Waals surface area contributed by atoms with E-state index in [4.69, 9.17) is 0 Å². The zero-order chi connectivity index (χ0) is 16.5. The molecule has 0 saturated heterocycles. The zero-order valence-corrected chi connectivity index (χ0v) is 13.3. The van der Waals surface area contributed by atoms with Crippen molar-refractivity contribution in [2.24, 2.45) is 0 Å². The topological polar surface area (TPSA) is 103 Å². The summed E-state index contributed by atoms with van der Waals surface area (Å²) in [5.41, 5.74) is 1.76. The number of Topliss-reactive ketones (excluding diaryl/α,β-unsaturated/α-hetero) is 1. The van der Waals surface area contributed by atoms with E-state index in [1.807, 2.05) is 0 Å². The SMILES string of the molecule is O=C(Nc1nc2c(s1)CCCC2=O)c1ccc(-n2cnnn2)cc1. The first-order chi connectivity index (χ1) is 11.7. The van der Waals surface area contributed by atoms with Gasteiger partial charge in [0.05, 0.1) is 5.69 Å². The molecule has 3 aromatic rings. The molecule has 0 saturated carbocycles. The minimum Gasteiger partial charge on any atom is -0.298 e. The van der Waals surface area contributed by atoms with Gasteiger partial charge < -0.3 is 0 Å². The molecule has 0 fully saturated rings.